The topological polar surface area (TPSA) is 117 Å². The Morgan fingerprint density at radius 1 is 1.00 bits per heavy atom. The number of hydrogen-bond donors (Lipinski definition) is 1. The Kier molecular flexibility index (Phi) is 7.18. The summed E-state index contributed by atoms with van der Waals surface area (Å²) in [5, 5.41) is 6.60. The molecule has 0 saturated carbocycles. The van der Waals surface area contributed by atoms with Gasteiger partial charge in [0.15, 0.2) is 5.65 Å². The van der Waals surface area contributed by atoms with Crippen LogP contribution in [0.3, 0.4) is 0 Å². The second kappa shape index (κ2) is 10.7. The van der Waals surface area contributed by atoms with Crippen molar-refractivity contribution < 1.29 is 26.7 Å². The number of benzene rings is 3. The van der Waals surface area contributed by atoms with Crippen molar-refractivity contribution >= 4 is 33.0 Å². The number of methoxy groups -OCH3 is 1. The average Bonchev–Trinajstić information content (AvgIpc) is 3.37. The van der Waals surface area contributed by atoms with Gasteiger partial charge >= 0.3 is 0 Å². The molecule has 0 radical (unpaired) electrons. The van der Waals surface area contributed by atoms with Crippen LogP contribution in [-0.2, 0) is 10.0 Å². The number of ether oxygens (including phenoxy) is 1. The minimum atomic E-state index is -4.02. The summed E-state index contributed by atoms with van der Waals surface area (Å²) in [6, 6.07) is 20.0. The molecule has 0 atom stereocenters. The third kappa shape index (κ3) is 5.47. The lowest BCUT2D eigenvalue weighted by atomic mass is 10.1. The van der Waals surface area contributed by atoms with Crippen molar-refractivity contribution in [2.45, 2.75) is 18.2 Å². The average molecular weight is 563 g/mol. The summed E-state index contributed by atoms with van der Waals surface area (Å²) in [7, 11) is -2.52. The van der Waals surface area contributed by atoms with Gasteiger partial charge in [-0.2, -0.15) is 5.10 Å². The maximum atomic E-state index is 13.9. The van der Waals surface area contributed by atoms with Gasteiger partial charge in [-0.05, 0) is 49.4 Å². The van der Waals surface area contributed by atoms with Crippen molar-refractivity contribution in [1.82, 2.24) is 14.6 Å². The number of amides is 1. The first kappa shape index (κ1) is 26.8. The van der Waals surface area contributed by atoms with Crippen LogP contribution in [0.25, 0.3) is 21.6 Å². The molecule has 1 N–H and O–H groups in total. The number of alkyl halides is 2. The van der Waals surface area contributed by atoms with Crippen molar-refractivity contribution in [3.8, 4) is 17.0 Å². The van der Waals surface area contributed by atoms with Crippen LogP contribution in [0.15, 0.2) is 90.0 Å². The monoisotopic (exact) mass is 562 g/mol. The smallest absolute Gasteiger partial charge is 0.280 e. The molecule has 0 unspecified atom stereocenters. The van der Waals surface area contributed by atoms with E-state index in [1.807, 2.05) is 19.1 Å². The van der Waals surface area contributed by atoms with Gasteiger partial charge in [0.1, 0.15) is 27.0 Å². The molecule has 204 valence electrons. The predicted molar refractivity (Wildman–Crippen MR) is 146 cm³/mol. The summed E-state index contributed by atoms with van der Waals surface area (Å²) in [4.78, 5) is 17.5. The van der Waals surface area contributed by atoms with Gasteiger partial charge in [0.25, 0.3) is 12.3 Å². The molecule has 0 aliphatic carbocycles. The first-order valence-electron chi connectivity index (χ1n) is 11.9. The van der Waals surface area contributed by atoms with Gasteiger partial charge in [0, 0.05) is 11.3 Å². The molecular weight excluding hydrogens is 540 g/mol. The van der Waals surface area contributed by atoms with Gasteiger partial charge in [-0.1, -0.05) is 42.0 Å². The summed E-state index contributed by atoms with van der Waals surface area (Å²) >= 11 is 0. The molecule has 2 aromatic heterocycles. The van der Waals surface area contributed by atoms with Crippen LogP contribution in [0.4, 0.5) is 20.2 Å². The number of aryl methyl sites for hydroxylation is 1. The second-order valence-electron chi connectivity index (χ2n) is 8.77. The Hall–Kier alpha value is -4.84. The summed E-state index contributed by atoms with van der Waals surface area (Å²) in [5.74, 6) is -0.0862. The van der Waals surface area contributed by atoms with Crippen molar-refractivity contribution in [2.75, 3.05) is 12.4 Å². The Morgan fingerprint density at radius 3 is 2.30 bits per heavy atom. The van der Waals surface area contributed by atoms with Crippen molar-refractivity contribution in [3.63, 3.8) is 0 Å². The lowest BCUT2D eigenvalue weighted by molar-refractivity contribution is 0.102. The molecule has 40 heavy (non-hydrogen) atoms. The molecule has 1 amide bonds. The Balaban J connectivity index is 1.39. The van der Waals surface area contributed by atoms with Gasteiger partial charge in [-0.3, -0.25) is 4.79 Å². The van der Waals surface area contributed by atoms with Gasteiger partial charge in [-0.25, -0.2) is 26.7 Å². The van der Waals surface area contributed by atoms with Crippen molar-refractivity contribution in [2.24, 2.45) is 0 Å². The van der Waals surface area contributed by atoms with Crippen molar-refractivity contribution in [3.05, 3.63) is 107 Å². The van der Waals surface area contributed by atoms with E-state index in [1.165, 1.54) is 49.6 Å². The minimum Gasteiger partial charge on any atom is -0.573 e. The zero-order chi connectivity index (χ0) is 28.4. The highest BCUT2D eigenvalue weighted by Gasteiger charge is 2.22. The molecule has 0 aliphatic rings. The fraction of sp³-hybridized carbons (Fsp3) is 0.107. The van der Waals surface area contributed by atoms with Crippen LogP contribution in [0.1, 0.15) is 28.0 Å². The Morgan fingerprint density at radius 2 is 1.68 bits per heavy atom. The number of halogens is 2. The number of hydrogen-bond acceptors (Lipinski definition) is 6. The highest BCUT2D eigenvalue weighted by atomic mass is 32.2. The zero-order valence-electron chi connectivity index (χ0n) is 21.2. The minimum absolute atomic E-state index is 0.0259. The number of aromatic nitrogens is 3. The maximum absolute atomic E-state index is 13.9. The highest BCUT2D eigenvalue weighted by Crippen LogP contribution is 2.30. The zero-order valence-corrected chi connectivity index (χ0v) is 22.1. The van der Waals surface area contributed by atoms with Gasteiger partial charge in [0.05, 0.1) is 23.9 Å². The molecular formula is C28H22F2N5O4S-. The molecule has 2 heterocycles. The van der Waals surface area contributed by atoms with Crippen LogP contribution in [0, 0.1) is 6.92 Å². The van der Waals surface area contributed by atoms with E-state index in [0.717, 1.165) is 16.3 Å². The Bertz CT molecular complexity index is 1790. The largest absolute Gasteiger partial charge is 0.573 e. The van der Waals surface area contributed by atoms with Crippen LogP contribution in [0.5, 0.6) is 5.75 Å². The van der Waals surface area contributed by atoms with E-state index in [9.17, 15) is 22.0 Å². The number of sulfonamides is 1. The third-order valence-electron chi connectivity index (χ3n) is 6.02. The number of nitrogens with zero attached hydrogens (tertiary/aromatic N) is 4. The molecule has 12 heteroatoms. The molecule has 5 rings (SSSR count). The molecule has 5 aromatic rings. The number of carbonyl (C=O) groups excluding carboxylic acids is 1. The number of rotatable bonds is 8. The van der Waals surface area contributed by atoms with E-state index in [0.29, 0.717) is 11.3 Å². The predicted octanol–water partition coefficient (Wildman–Crippen LogP) is 6.30. The quantitative estimate of drug-likeness (QED) is 0.237. The van der Waals surface area contributed by atoms with E-state index in [1.54, 1.807) is 24.3 Å². The SMILES string of the molecule is COc1ccc([N-]S(=O)(=O)c2ccc(NC(=O)c3cnn4c(C(F)F)cc(-c5ccc(C)cc5)nc34)cc2)cc1. The standard InChI is InChI=1S/C28H22F2N5O4S/c1-17-3-5-18(6-4-17)24-15-25(26(29)30)35-27(33-24)23(16-31-35)28(36)32-19-9-13-22(14-10-19)40(37,38)34-20-7-11-21(39-2)12-8-20/h3-16,26H,1-2H3,(H,32,36)/q-1. The third-order valence-corrected chi connectivity index (χ3v) is 7.34. The van der Waals surface area contributed by atoms with E-state index in [4.69, 9.17) is 4.74 Å². The first-order chi connectivity index (χ1) is 19.1. The van der Waals surface area contributed by atoms with Gasteiger partial charge in [0.2, 0.25) is 0 Å². The van der Waals surface area contributed by atoms with E-state index >= 15 is 0 Å². The molecule has 3 aromatic carbocycles. The van der Waals surface area contributed by atoms with Crippen molar-refractivity contribution in [1.29, 1.82) is 0 Å². The summed E-state index contributed by atoms with van der Waals surface area (Å²) in [6.07, 6.45) is -1.70. The first-order valence-corrected chi connectivity index (χ1v) is 13.4. The second-order valence-corrected chi connectivity index (χ2v) is 10.4. The van der Waals surface area contributed by atoms with Gasteiger partial charge < -0.3 is 14.8 Å². The fourth-order valence-corrected chi connectivity index (χ4v) is 4.90. The number of anilines is 1. The normalized spacial score (nSPS) is 11.5. The summed E-state index contributed by atoms with van der Waals surface area (Å²) < 4.78 is 63.0. The van der Waals surface area contributed by atoms with E-state index in [2.05, 4.69) is 20.1 Å². The Labute approximate surface area is 228 Å². The number of nitrogens with one attached hydrogen (secondary N) is 1. The summed E-state index contributed by atoms with van der Waals surface area (Å²) in [6.45, 7) is 1.90. The molecule has 0 bridgehead atoms. The molecule has 9 nitrogen and oxygen atoms in total. The highest BCUT2D eigenvalue weighted by molar-refractivity contribution is 7.94. The van der Waals surface area contributed by atoms with Gasteiger partial charge in [-0.15, -0.1) is 5.69 Å². The summed E-state index contributed by atoms with van der Waals surface area (Å²) in [5.41, 5.74) is 1.91. The van der Waals surface area contributed by atoms with Crippen LogP contribution in [0.2, 0.25) is 0 Å². The number of fused-ring (bicyclic) bond motifs is 1. The van der Waals surface area contributed by atoms with Crippen LogP contribution < -0.4 is 10.1 Å². The van der Waals surface area contributed by atoms with Crippen LogP contribution >= 0.6 is 0 Å². The molecule has 0 aliphatic heterocycles. The fourth-order valence-electron chi connectivity index (χ4n) is 3.92. The number of carbonyl (C=O) groups is 1. The lowest BCUT2D eigenvalue weighted by Crippen LogP contribution is -2.13. The van der Waals surface area contributed by atoms with E-state index in [-0.39, 0.29) is 33.2 Å². The van der Waals surface area contributed by atoms with Crippen LogP contribution in [-0.4, -0.2) is 36.0 Å². The molecule has 0 fully saturated rings. The maximum Gasteiger partial charge on any atom is 0.280 e. The molecule has 0 spiro atoms. The lowest BCUT2D eigenvalue weighted by Gasteiger charge is -2.22. The van der Waals surface area contributed by atoms with E-state index < -0.39 is 28.0 Å². The molecule has 0 saturated heterocycles.